The minimum Gasteiger partial charge on any atom is -0.457 e. The van der Waals surface area contributed by atoms with Crippen molar-refractivity contribution in [3.63, 3.8) is 0 Å². The highest BCUT2D eigenvalue weighted by atomic mass is 16.5. The lowest BCUT2D eigenvalue weighted by molar-refractivity contribution is 0.0535. The van der Waals surface area contributed by atoms with Crippen molar-refractivity contribution in [2.75, 3.05) is 0 Å². The molecule has 1 aliphatic heterocycles. The Kier molecular flexibility index (Phi) is 1.47. The van der Waals surface area contributed by atoms with Gasteiger partial charge in [0.25, 0.3) is 0 Å². The largest absolute Gasteiger partial charge is 0.457 e. The third-order valence-corrected chi connectivity index (χ3v) is 1.95. The summed E-state index contributed by atoms with van der Waals surface area (Å²) in [5, 5.41) is 0. The van der Waals surface area contributed by atoms with Gasteiger partial charge in [0.05, 0.1) is 5.56 Å². The van der Waals surface area contributed by atoms with E-state index in [4.69, 9.17) is 4.74 Å². The lowest BCUT2D eigenvalue weighted by Gasteiger charge is -1.94. The zero-order valence-electron chi connectivity index (χ0n) is 6.54. The maximum atomic E-state index is 11.1. The van der Waals surface area contributed by atoms with Gasteiger partial charge in [-0.3, -0.25) is 0 Å². The number of rotatable bonds is 1. The number of esters is 1. The number of hydrogen-bond donors (Lipinski definition) is 0. The van der Waals surface area contributed by atoms with E-state index in [1.165, 1.54) is 0 Å². The number of carbonyl (C=O) groups is 1. The first kappa shape index (κ1) is 7.10. The third kappa shape index (κ3) is 0.925. The van der Waals surface area contributed by atoms with E-state index in [1.807, 2.05) is 12.1 Å². The van der Waals surface area contributed by atoms with E-state index in [0.29, 0.717) is 12.2 Å². The van der Waals surface area contributed by atoms with Crippen LogP contribution in [0.4, 0.5) is 0 Å². The highest BCUT2D eigenvalue weighted by Crippen LogP contribution is 2.21. The molecule has 2 heteroatoms. The van der Waals surface area contributed by atoms with Gasteiger partial charge in [-0.2, -0.15) is 0 Å². The fourth-order valence-corrected chi connectivity index (χ4v) is 1.26. The van der Waals surface area contributed by atoms with Crippen molar-refractivity contribution < 1.29 is 9.53 Å². The molecule has 0 N–H and O–H groups in total. The van der Waals surface area contributed by atoms with Gasteiger partial charge in [0.15, 0.2) is 0 Å². The van der Waals surface area contributed by atoms with Crippen LogP contribution in [0.15, 0.2) is 24.8 Å². The van der Waals surface area contributed by atoms with E-state index in [9.17, 15) is 4.79 Å². The number of cyclic esters (lactones) is 1. The van der Waals surface area contributed by atoms with Gasteiger partial charge in [-0.25, -0.2) is 4.79 Å². The summed E-state index contributed by atoms with van der Waals surface area (Å²) in [5.74, 6) is -0.228. The van der Waals surface area contributed by atoms with E-state index in [-0.39, 0.29) is 5.97 Å². The van der Waals surface area contributed by atoms with Gasteiger partial charge in [-0.05, 0) is 11.6 Å². The average Bonchev–Trinajstić information content (AvgIpc) is 2.47. The molecular formula is C10H8O2. The summed E-state index contributed by atoms with van der Waals surface area (Å²) >= 11 is 0. The topological polar surface area (TPSA) is 26.3 Å². The summed E-state index contributed by atoms with van der Waals surface area (Å²) in [4.78, 5) is 11.1. The van der Waals surface area contributed by atoms with Crippen molar-refractivity contribution in [3.8, 4) is 0 Å². The maximum Gasteiger partial charge on any atom is 0.338 e. The van der Waals surface area contributed by atoms with Crippen LogP contribution in [-0.4, -0.2) is 5.97 Å². The summed E-state index contributed by atoms with van der Waals surface area (Å²) in [6, 6.07) is 5.63. The fourth-order valence-electron chi connectivity index (χ4n) is 1.26. The summed E-state index contributed by atoms with van der Waals surface area (Å²) in [6.07, 6.45) is 1.71. The molecule has 60 valence electrons. The van der Waals surface area contributed by atoms with Crippen LogP contribution in [0, 0.1) is 0 Å². The van der Waals surface area contributed by atoms with E-state index < -0.39 is 0 Å². The second-order valence-electron chi connectivity index (χ2n) is 2.70. The molecule has 0 aromatic heterocycles. The predicted octanol–water partition coefficient (Wildman–Crippen LogP) is 2.00. The highest BCUT2D eigenvalue weighted by molar-refractivity contribution is 5.93. The second kappa shape index (κ2) is 2.48. The molecule has 0 amide bonds. The van der Waals surface area contributed by atoms with Gasteiger partial charge in [-0.1, -0.05) is 24.8 Å². The minimum atomic E-state index is -0.228. The first-order valence-electron chi connectivity index (χ1n) is 3.74. The van der Waals surface area contributed by atoms with Crippen molar-refractivity contribution in [2.24, 2.45) is 0 Å². The zero-order chi connectivity index (χ0) is 8.55. The Morgan fingerprint density at radius 2 is 2.33 bits per heavy atom. The molecule has 0 saturated heterocycles. The normalized spacial score (nSPS) is 13.8. The van der Waals surface area contributed by atoms with E-state index in [0.717, 1.165) is 11.1 Å². The molecule has 0 fully saturated rings. The minimum absolute atomic E-state index is 0.228. The van der Waals surface area contributed by atoms with Gasteiger partial charge in [0.1, 0.15) is 6.61 Å². The van der Waals surface area contributed by atoms with Crippen LogP contribution in [0.1, 0.15) is 21.5 Å². The molecule has 12 heavy (non-hydrogen) atoms. The summed E-state index contributed by atoms with van der Waals surface area (Å²) < 4.78 is 4.85. The lowest BCUT2D eigenvalue weighted by Crippen LogP contribution is -1.93. The highest BCUT2D eigenvalue weighted by Gasteiger charge is 2.20. The first-order chi connectivity index (χ1) is 5.81. The molecule has 1 aliphatic rings. The number of ether oxygens (including phenoxy) is 1. The molecule has 2 nitrogen and oxygen atoms in total. The molecule has 0 unspecified atom stereocenters. The van der Waals surface area contributed by atoms with Crippen molar-refractivity contribution in [3.05, 3.63) is 41.5 Å². The lowest BCUT2D eigenvalue weighted by atomic mass is 10.1. The standard InChI is InChI=1S/C10H8O2/c1-2-7-3-4-8-6-12-10(11)9(8)5-7/h2-5H,1,6H2. The SMILES string of the molecule is C=Cc1ccc2c(c1)C(=O)OC2. The molecule has 0 bridgehead atoms. The monoisotopic (exact) mass is 160 g/mol. The molecule has 1 aromatic carbocycles. The first-order valence-corrected chi connectivity index (χ1v) is 3.74. The van der Waals surface area contributed by atoms with E-state index in [2.05, 4.69) is 6.58 Å². The summed E-state index contributed by atoms with van der Waals surface area (Å²) in [5.41, 5.74) is 2.59. The molecule has 2 rings (SSSR count). The van der Waals surface area contributed by atoms with Crippen LogP contribution in [0.3, 0.4) is 0 Å². The fraction of sp³-hybridized carbons (Fsp3) is 0.100. The van der Waals surface area contributed by atoms with Gasteiger partial charge in [-0.15, -0.1) is 0 Å². The molecule has 0 saturated carbocycles. The van der Waals surface area contributed by atoms with Crippen LogP contribution < -0.4 is 0 Å². The molecule has 1 heterocycles. The molecule has 0 atom stereocenters. The quantitative estimate of drug-likeness (QED) is 0.587. The Labute approximate surface area is 70.5 Å². The number of benzene rings is 1. The molecule has 0 spiro atoms. The van der Waals surface area contributed by atoms with Crippen molar-refractivity contribution in [2.45, 2.75) is 6.61 Å². The van der Waals surface area contributed by atoms with E-state index in [1.54, 1.807) is 12.1 Å². The van der Waals surface area contributed by atoms with Crippen molar-refractivity contribution in [1.29, 1.82) is 0 Å². The predicted molar refractivity (Wildman–Crippen MR) is 45.7 cm³/mol. The summed E-state index contributed by atoms with van der Waals surface area (Å²) in [6.45, 7) is 4.04. The molecule has 1 aromatic rings. The number of hydrogen-bond acceptors (Lipinski definition) is 2. The Balaban J connectivity index is 2.57. The second-order valence-corrected chi connectivity index (χ2v) is 2.70. The Morgan fingerprint density at radius 3 is 3.08 bits per heavy atom. The van der Waals surface area contributed by atoms with E-state index >= 15 is 0 Å². The van der Waals surface area contributed by atoms with Gasteiger partial charge in [0.2, 0.25) is 0 Å². The third-order valence-electron chi connectivity index (χ3n) is 1.95. The van der Waals surface area contributed by atoms with Gasteiger partial charge < -0.3 is 4.74 Å². The Bertz CT molecular complexity index is 353. The van der Waals surface area contributed by atoms with Crippen LogP contribution in [0.5, 0.6) is 0 Å². The molecule has 0 aliphatic carbocycles. The zero-order valence-corrected chi connectivity index (χ0v) is 6.54. The van der Waals surface area contributed by atoms with Gasteiger partial charge >= 0.3 is 5.97 Å². The maximum absolute atomic E-state index is 11.1. The number of fused-ring (bicyclic) bond motifs is 1. The summed E-state index contributed by atoms with van der Waals surface area (Å²) in [7, 11) is 0. The smallest absolute Gasteiger partial charge is 0.338 e. The Hall–Kier alpha value is -1.57. The molecule has 0 radical (unpaired) electrons. The average molecular weight is 160 g/mol. The van der Waals surface area contributed by atoms with Crippen molar-refractivity contribution in [1.82, 2.24) is 0 Å². The van der Waals surface area contributed by atoms with Crippen LogP contribution in [-0.2, 0) is 11.3 Å². The van der Waals surface area contributed by atoms with Crippen LogP contribution in [0.2, 0.25) is 0 Å². The molecular weight excluding hydrogens is 152 g/mol. The van der Waals surface area contributed by atoms with Crippen molar-refractivity contribution >= 4 is 12.0 Å². The van der Waals surface area contributed by atoms with Crippen LogP contribution >= 0.6 is 0 Å². The number of carbonyl (C=O) groups excluding carboxylic acids is 1. The van der Waals surface area contributed by atoms with Gasteiger partial charge in [0, 0.05) is 5.56 Å². The van der Waals surface area contributed by atoms with Crippen LogP contribution in [0.25, 0.3) is 6.08 Å². The Morgan fingerprint density at radius 1 is 1.50 bits per heavy atom.